The highest BCUT2D eigenvalue weighted by molar-refractivity contribution is 9.15. The number of nitrogens with zero attached hydrogens (tertiary/aromatic N) is 2. The lowest BCUT2D eigenvalue weighted by Crippen LogP contribution is -2.13. The summed E-state index contributed by atoms with van der Waals surface area (Å²) >= 11 is 3.50. The fourth-order valence-corrected chi connectivity index (χ4v) is 2.91. The Labute approximate surface area is 155 Å². The van der Waals surface area contributed by atoms with E-state index in [1.165, 1.54) is 4.90 Å². The van der Waals surface area contributed by atoms with Crippen LogP contribution in [0, 0.1) is 18.3 Å². The topological polar surface area (TPSA) is 62.6 Å². The van der Waals surface area contributed by atoms with Crippen molar-refractivity contribution in [2.75, 3.05) is 19.1 Å². The first-order valence-corrected chi connectivity index (χ1v) is 8.17. The summed E-state index contributed by atoms with van der Waals surface area (Å²) in [5, 5.41) is 9.28. The molecule has 0 aliphatic carbocycles. The van der Waals surface area contributed by atoms with Crippen molar-refractivity contribution in [2.45, 2.75) is 6.92 Å². The lowest BCUT2D eigenvalue weighted by atomic mass is 10.0. The van der Waals surface area contributed by atoms with Crippen molar-refractivity contribution in [1.29, 1.82) is 5.26 Å². The van der Waals surface area contributed by atoms with Crippen molar-refractivity contribution >= 4 is 32.5 Å². The number of carbonyl (C=O) groups excluding carboxylic acids is 1. The second-order valence-electron chi connectivity index (χ2n) is 5.15. The van der Waals surface area contributed by atoms with Crippen LogP contribution in [0.15, 0.2) is 42.6 Å². The van der Waals surface area contributed by atoms with Gasteiger partial charge in [0.15, 0.2) is 0 Å². The smallest absolute Gasteiger partial charge is 0.218 e. The number of nitriles is 1. The van der Waals surface area contributed by atoms with Crippen molar-refractivity contribution in [1.82, 2.24) is 0 Å². The van der Waals surface area contributed by atoms with Gasteiger partial charge in [0.25, 0.3) is 0 Å². The zero-order valence-corrected chi connectivity index (χ0v) is 15.7. The SMILES string of the molecule is COc1ccc(N(C=O)/C=C(/Br)c2cc(OC)cc(C#N)c2C)cc1. The van der Waals surface area contributed by atoms with Crippen LogP contribution in [0.4, 0.5) is 5.69 Å². The maximum atomic E-state index is 11.5. The van der Waals surface area contributed by atoms with E-state index in [2.05, 4.69) is 22.0 Å². The van der Waals surface area contributed by atoms with E-state index in [9.17, 15) is 10.1 Å². The van der Waals surface area contributed by atoms with Crippen molar-refractivity contribution in [3.63, 3.8) is 0 Å². The number of hydrogen-bond acceptors (Lipinski definition) is 4. The first-order valence-electron chi connectivity index (χ1n) is 7.38. The largest absolute Gasteiger partial charge is 0.497 e. The van der Waals surface area contributed by atoms with Crippen molar-refractivity contribution in [3.05, 3.63) is 59.3 Å². The second-order valence-corrected chi connectivity index (χ2v) is 6.00. The minimum absolute atomic E-state index is 0.516. The summed E-state index contributed by atoms with van der Waals surface area (Å²) in [5.74, 6) is 1.28. The standard InChI is InChI=1S/C19H17BrN2O3/c1-13-14(10-21)8-17(25-3)9-18(13)19(20)11-22(12-23)15-4-6-16(24-2)7-5-15/h4-9,11-12H,1-3H3/b19-11+. The maximum absolute atomic E-state index is 11.5. The van der Waals surface area contributed by atoms with Crippen molar-refractivity contribution in [2.24, 2.45) is 0 Å². The third kappa shape index (κ3) is 4.20. The average molecular weight is 401 g/mol. The number of rotatable bonds is 6. The van der Waals surface area contributed by atoms with Gasteiger partial charge < -0.3 is 9.47 Å². The lowest BCUT2D eigenvalue weighted by Gasteiger charge is -2.16. The number of halogens is 1. The van der Waals surface area contributed by atoms with Gasteiger partial charge in [0, 0.05) is 16.4 Å². The summed E-state index contributed by atoms with van der Waals surface area (Å²) < 4.78 is 11.0. The highest BCUT2D eigenvalue weighted by atomic mass is 79.9. The molecule has 0 bridgehead atoms. The normalized spacial score (nSPS) is 10.8. The molecule has 0 unspecified atom stereocenters. The van der Waals surface area contributed by atoms with Crippen LogP contribution in [-0.2, 0) is 4.79 Å². The Kier molecular flexibility index (Phi) is 6.20. The third-order valence-electron chi connectivity index (χ3n) is 3.73. The van der Waals surface area contributed by atoms with E-state index in [0.29, 0.717) is 33.6 Å². The van der Waals surface area contributed by atoms with Crippen LogP contribution in [0.3, 0.4) is 0 Å². The van der Waals surface area contributed by atoms with E-state index in [1.807, 2.05) is 13.0 Å². The van der Waals surface area contributed by atoms with Crippen molar-refractivity contribution < 1.29 is 14.3 Å². The summed E-state index contributed by atoms with van der Waals surface area (Å²) in [6, 6.07) is 12.8. The molecular weight excluding hydrogens is 384 g/mol. The lowest BCUT2D eigenvalue weighted by molar-refractivity contribution is -0.106. The van der Waals surface area contributed by atoms with Gasteiger partial charge in [-0.1, -0.05) is 0 Å². The number of ether oxygens (including phenoxy) is 2. The van der Waals surface area contributed by atoms with Gasteiger partial charge in [0.05, 0.1) is 25.9 Å². The van der Waals surface area contributed by atoms with Gasteiger partial charge in [0.1, 0.15) is 11.5 Å². The van der Waals surface area contributed by atoms with E-state index in [4.69, 9.17) is 9.47 Å². The van der Waals surface area contributed by atoms with E-state index in [0.717, 1.165) is 11.1 Å². The summed E-state index contributed by atoms with van der Waals surface area (Å²) in [7, 11) is 3.13. The first kappa shape index (κ1) is 18.6. The molecule has 0 atom stereocenters. The molecule has 0 saturated heterocycles. The molecule has 0 aliphatic heterocycles. The summed E-state index contributed by atoms with van der Waals surface area (Å²) in [6.07, 6.45) is 2.36. The summed E-state index contributed by atoms with van der Waals surface area (Å²) in [6.45, 7) is 1.85. The van der Waals surface area contributed by atoms with Gasteiger partial charge in [-0.3, -0.25) is 9.69 Å². The number of methoxy groups -OCH3 is 2. The molecule has 1 amide bonds. The Hall–Kier alpha value is -2.78. The number of amides is 1. The molecule has 0 saturated carbocycles. The molecule has 2 aromatic carbocycles. The van der Waals surface area contributed by atoms with Gasteiger partial charge >= 0.3 is 0 Å². The molecule has 0 aromatic heterocycles. The van der Waals surface area contributed by atoms with Crippen LogP contribution in [0.5, 0.6) is 11.5 Å². The predicted octanol–water partition coefficient (Wildman–Crippen LogP) is 4.24. The number of anilines is 1. The van der Waals surface area contributed by atoms with Crippen LogP contribution in [0.2, 0.25) is 0 Å². The van der Waals surface area contributed by atoms with Gasteiger partial charge in [0.2, 0.25) is 6.41 Å². The molecular formula is C19H17BrN2O3. The highest BCUT2D eigenvalue weighted by Crippen LogP contribution is 2.32. The average Bonchev–Trinajstić information content (AvgIpc) is 2.66. The molecule has 0 radical (unpaired) electrons. The van der Waals surface area contributed by atoms with E-state index in [1.54, 1.807) is 50.8 Å². The molecule has 2 rings (SSSR count). The summed E-state index contributed by atoms with van der Waals surface area (Å²) in [4.78, 5) is 12.9. The zero-order valence-electron chi connectivity index (χ0n) is 14.1. The fourth-order valence-electron chi connectivity index (χ4n) is 2.28. The van der Waals surface area contributed by atoms with Crippen LogP contribution < -0.4 is 14.4 Å². The number of hydrogen-bond donors (Lipinski definition) is 0. The van der Waals surface area contributed by atoms with E-state index in [-0.39, 0.29) is 0 Å². The quantitative estimate of drug-likeness (QED) is 0.680. The minimum atomic E-state index is 0.516. The molecule has 2 aromatic rings. The van der Waals surface area contributed by atoms with Gasteiger partial charge in [-0.2, -0.15) is 5.26 Å². The number of benzene rings is 2. The monoisotopic (exact) mass is 400 g/mol. The molecule has 25 heavy (non-hydrogen) atoms. The predicted molar refractivity (Wildman–Crippen MR) is 101 cm³/mol. The Bertz CT molecular complexity index is 839. The Morgan fingerprint density at radius 3 is 2.32 bits per heavy atom. The van der Waals surface area contributed by atoms with Crippen LogP contribution in [0.1, 0.15) is 16.7 Å². The maximum Gasteiger partial charge on any atom is 0.218 e. The zero-order chi connectivity index (χ0) is 18.4. The Morgan fingerprint density at radius 1 is 1.16 bits per heavy atom. The fraction of sp³-hybridized carbons (Fsp3) is 0.158. The van der Waals surface area contributed by atoms with E-state index < -0.39 is 0 Å². The molecule has 128 valence electrons. The highest BCUT2D eigenvalue weighted by Gasteiger charge is 2.12. The van der Waals surface area contributed by atoms with Crippen LogP contribution >= 0.6 is 15.9 Å². The molecule has 0 N–H and O–H groups in total. The van der Waals surface area contributed by atoms with E-state index >= 15 is 0 Å². The number of carbonyl (C=O) groups is 1. The second kappa shape index (κ2) is 8.36. The molecule has 5 nitrogen and oxygen atoms in total. The molecule has 0 spiro atoms. The van der Waals surface area contributed by atoms with Crippen molar-refractivity contribution in [3.8, 4) is 17.6 Å². The third-order valence-corrected chi connectivity index (χ3v) is 4.36. The van der Waals surface area contributed by atoms with Gasteiger partial charge in [-0.05, 0) is 70.4 Å². The molecule has 6 heteroatoms. The Balaban J connectivity index is 2.44. The summed E-state index contributed by atoms with van der Waals surface area (Å²) in [5.41, 5.74) is 2.78. The molecule has 0 fully saturated rings. The van der Waals surface area contributed by atoms with Crippen LogP contribution in [0.25, 0.3) is 4.48 Å². The molecule has 0 heterocycles. The minimum Gasteiger partial charge on any atom is -0.497 e. The van der Waals surface area contributed by atoms with Gasteiger partial charge in [-0.15, -0.1) is 0 Å². The van der Waals surface area contributed by atoms with Crippen LogP contribution in [-0.4, -0.2) is 20.6 Å². The Morgan fingerprint density at radius 2 is 1.80 bits per heavy atom. The molecule has 0 aliphatic rings. The van der Waals surface area contributed by atoms with Gasteiger partial charge in [-0.25, -0.2) is 0 Å². The first-order chi connectivity index (χ1) is 12.0.